The minimum Gasteiger partial charge on any atom is -0.357 e. The molecule has 0 aliphatic carbocycles. The van der Waals surface area contributed by atoms with Crippen LogP contribution in [-0.4, -0.2) is 77.5 Å². The lowest BCUT2D eigenvalue weighted by atomic mass is 10.3. The molecule has 1 saturated heterocycles. The van der Waals surface area contributed by atoms with Crippen LogP contribution in [0.5, 0.6) is 0 Å². The number of carbonyl (C=O) groups excluding carboxylic acids is 1. The first-order valence-corrected chi connectivity index (χ1v) is 11.6. The van der Waals surface area contributed by atoms with E-state index in [4.69, 9.17) is 0 Å². The molecule has 11 heteroatoms. The van der Waals surface area contributed by atoms with Gasteiger partial charge in [-0.25, -0.2) is 15.0 Å². The molecule has 2 aromatic heterocycles. The minimum absolute atomic E-state index is 0. The summed E-state index contributed by atoms with van der Waals surface area (Å²) in [4.78, 5) is 35.6. The van der Waals surface area contributed by atoms with Crippen LogP contribution in [0.25, 0.3) is 0 Å². The number of aliphatic imine (C=N–C) groups is 1. The molecule has 3 heterocycles. The first-order chi connectivity index (χ1) is 15.1. The smallest absolute Gasteiger partial charge is 0.225 e. The van der Waals surface area contributed by atoms with Crippen LogP contribution < -0.4 is 15.5 Å². The predicted molar refractivity (Wildman–Crippen MR) is 140 cm³/mol. The molecule has 0 aromatic carbocycles. The Bertz CT molecular complexity index is 848. The Labute approximate surface area is 211 Å². The van der Waals surface area contributed by atoms with E-state index in [9.17, 15) is 4.79 Å². The highest BCUT2D eigenvalue weighted by Gasteiger charge is 2.22. The lowest BCUT2D eigenvalue weighted by Crippen LogP contribution is -2.50. The van der Waals surface area contributed by atoms with E-state index in [-0.39, 0.29) is 29.9 Å². The molecule has 2 N–H and O–H groups in total. The molecule has 0 bridgehead atoms. The van der Waals surface area contributed by atoms with Crippen molar-refractivity contribution in [3.05, 3.63) is 34.0 Å². The summed E-state index contributed by atoms with van der Waals surface area (Å²) in [5.74, 6) is 1.63. The second-order valence-electron chi connectivity index (χ2n) is 7.35. The number of anilines is 1. The van der Waals surface area contributed by atoms with Gasteiger partial charge in [0, 0.05) is 75.9 Å². The average Bonchev–Trinajstić information content (AvgIpc) is 3.11. The summed E-state index contributed by atoms with van der Waals surface area (Å²) in [6, 6.07) is 1.81. The summed E-state index contributed by atoms with van der Waals surface area (Å²) in [6.07, 6.45) is 4.75. The Morgan fingerprint density at radius 2 is 1.88 bits per heavy atom. The molecule has 176 valence electrons. The molecule has 2 aromatic rings. The molecule has 0 unspecified atom stereocenters. The van der Waals surface area contributed by atoms with Crippen LogP contribution >= 0.6 is 35.3 Å². The van der Waals surface area contributed by atoms with Gasteiger partial charge in [0.15, 0.2) is 5.96 Å². The summed E-state index contributed by atoms with van der Waals surface area (Å²) in [5.41, 5.74) is 1.10. The SMILES string of the molecule is CCNC(=NCCc1nc(C)c(C)s1)NCCC(=O)N1CCN(c2ncccn2)CC1.I. The molecule has 3 rings (SSSR count). The fourth-order valence-electron chi connectivity index (χ4n) is 3.31. The van der Waals surface area contributed by atoms with Crippen LogP contribution in [0.4, 0.5) is 5.95 Å². The first kappa shape index (κ1) is 26.2. The summed E-state index contributed by atoms with van der Waals surface area (Å²) in [6.45, 7) is 11.1. The van der Waals surface area contributed by atoms with Crippen molar-refractivity contribution in [3.8, 4) is 0 Å². The van der Waals surface area contributed by atoms with E-state index in [1.54, 1.807) is 23.7 Å². The standard InChI is InChI=1S/C21H32N8OS.HI/c1-4-22-20(23-10-6-18-27-16(2)17(3)31-18)24-11-7-19(30)28-12-14-29(15-13-28)21-25-8-5-9-26-21;/h5,8-9H,4,6-7,10-15H2,1-3H3,(H2,22,23,24);1H. The van der Waals surface area contributed by atoms with E-state index in [0.717, 1.165) is 48.7 Å². The predicted octanol–water partition coefficient (Wildman–Crippen LogP) is 2.00. The zero-order chi connectivity index (χ0) is 22.1. The van der Waals surface area contributed by atoms with Crippen molar-refractivity contribution in [2.75, 3.05) is 50.7 Å². The van der Waals surface area contributed by atoms with Crippen LogP contribution in [0, 0.1) is 13.8 Å². The molecule has 9 nitrogen and oxygen atoms in total. The number of thiazole rings is 1. The molecular formula is C21H33IN8OS. The van der Waals surface area contributed by atoms with Gasteiger partial charge in [-0.1, -0.05) is 0 Å². The molecule has 1 aliphatic rings. The summed E-state index contributed by atoms with van der Waals surface area (Å²) >= 11 is 1.73. The molecule has 0 atom stereocenters. The van der Waals surface area contributed by atoms with Crippen LogP contribution in [-0.2, 0) is 11.2 Å². The highest BCUT2D eigenvalue weighted by Crippen LogP contribution is 2.16. The maximum atomic E-state index is 12.6. The van der Waals surface area contributed by atoms with Gasteiger partial charge >= 0.3 is 0 Å². The number of halogens is 1. The normalized spacial score (nSPS) is 14.2. The largest absolute Gasteiger partial charge is 0.357 e. The molecular weight excluding hydrogens is 539 g/mol. The highest BCUT2D eigenvalue weighted by atomic mass is 127. The van der Waals surface area contributed by atoms with Crippen molar-refractivity contribution in [2.24, 2.45) is 4.99 Å². The zero-order valence-electron chi connectivity index (χ0n) is 19.0. The molecule has 0 radical (unpaired) electrons. The van der Waals surface area contributed by atoms with Gasteiger partial charge in [0.1, 0.15) is 0 Å². The number of guanidine groups is 1. The van der Waals surface area contributed by atoms with Gasteiger partial charge in [0.25, 0.3) is 0 Å². The summed E-state index contributed by atoms with van der Waals surface area (Å²) in [5, 5.41) is 7.63. The van der Waals surface area contributed by atoms with Crippen LogP contribution in [0.3, 0.4) is 0 Å². The Kier molecular flexibility index (Phi) is 11.1. The van der Waals surface area contributed by atoms with E-state index in [0.29, 0.717) is 32.6 Å². The number of nitrogens with zero attached hydrogens (tertiary/aromatic N) is 6. The Balaban J connectivity index is 0.00000363. The number of nitrogens with one attached hydrogen (secondary N) is 2. The lowest BCUT2D eigenvalue weighted by molar-refractivity contribution is -0.131. The Morgan fingerprint density at radius 3 is 2.50 bits per heavy atom. The molecule has 1 aliphatic heterocycles. The number of carbonyl (C=O) groups is 1. The van der Waals surface area contributed by atoms with Gasteiger partial charge in [0.05, 0.1) is 10.7 Å². The molecule has 1 amide bonds. The van der Waals surface area contributed by atoms with Crippen molar-refractivity contribution in [3.63, 3.8) is 0 Å². The summed E-state index contributed by atoms with van der Waals surface area (Å²) in [7, 11) is 0. The number of rotatable bonds is 8. The fraction of sp³-hybridized carbons (Fsp3) is 0.571. The monoisotopic (exact) mass is 572 g/mol. The first-order valence-electron chi connectivity index (χ1n) is 10.8. The van der Waals surface area contributed by atoms with E-state index in [1.807, 2.05) is 24.8 Å². The van der Waals surface area contributed by atoms with Gasteiger partial charge in [-0.3, -0.25) is 9.79 Å². The Hall–Kier alpha value is -2.02. The van der Waals surface area contributed by atoms with Gasteiger partial charge in [-0.2, -0.15) is 0 Å². The van der Waals surface area contributed by atoms with E-state index < -0.39 is 0 Å². The van der Waals surface area contributed by atoms with Gasteiger partial charge in [-0.05, 0) is 26.8 Å². The van der Waals surface area contributed by atoms with Gasteiger partial charge < -0.3 is 20.4 Å². The van der Waals surface area contributed by atoms with Crippen molar-refractivity contribution in [2.45, 2.75) is 33.6 Å². The molecule has 32 heavy (non-hydrogen) atoms. The zero-order valence-corrected chi connectivity index (χ0v) is 22.2. The van der Waals surface area contributed by atoms with Crippen molar-refractivity contribution in [1.82, 2.24) is 30.5 Å². The number of hydrogen-bond donors (Lipinski definition) is 2. The van der Waals surface area contributed by atoms with Gasteiger partial charge in [0.2, 0.25) is 11.9 Å². The van der Waals surface area contributed by atoms with Crippen molar-refractivity contribution >= 4 is 53.1 Å². The van der Waals surface area contributed by atoms with E-state index in [2.05, 4.69) is 42.4 Å². The average molecular weight is 573 g/mol. The second-order valence-corrected chi connectivity index (χ2v) is 8.64. The van der Waals surface area contributed by atoms with Gasteiger partial charge in [-0.15, -0.1) is 35.3 Å². The third kappa shape index (κ3) is 7.84. The minimum atomic E-state index is 0. The third-order valence-electron chi connectivity index (χ3n) is 5.11. The van der Waals surface area contributed by atoms with Crippen LogP contribution in [0.15, 0.2) is 23.5 Å². The van der Waals surface area contributed by atoms with Crippen molar-refractivity contribution in [1.29, 1.82) is 0 Å². The quantitative estimate of drug-likeness (QED) is 0.284. The lowest BCUT2D eigenvalue weighted by Gasteiger charge is -2.34. The van der Waals surface area contributed by atoms with E-state index in [1.165, 1.54) is 4.88 Å². The number of piperazine rings is 1. The number of aromatic nitrogens is 3. The molecule has 0 spiro atoms. The van der Waals surface area contributed by atoms with Crippen LogP contribution in [0.1, 0.15) is 28.9 Å². The third-order valence-corrected chi connectivity index (χ3v) is 6.24. The molecule has 1 fully saturated rings. The summed E-state index contributed by atoms with van der Waals surface area (Å²) < 4.78 is 0. The second kappa shape index (κ2) is 13.5. The van der Waals surface area contributed by atoms with Crippen molar-refractivity contribution < 1.29 is 4.79 Å². The molecule has 0 saturated carbocycles. The van der Waals surface area contributed by atoms with E-state index >= 15 is 0 Å². The maximum absolute atomic E-state index is 12.6. The highest BCUT2D eigenvalue weighted by molar-refractivity contribution is 14.0. The maximum Gasteiger partial charge on any atom is 0.225 e. The Morgan fingerprint density at radius 1 is 1.16 bits per heavy atom. The fourth-order valence-corrected chi connectivity index (χ4v) is 4.23. The topological polar surface area (TPSA) is 98.6 Å². The number of hydrogen-bond acceptors (Lipinski definition) is 7. The van der Waals surface area contributed by atoms with Crippen LogP contribution in [0.2, 0.25) is 0 Å². The number of aryl methyl sites for hydroxylation is 2. The number of amides is 1.